The summed E-state index contributed by atoms with van der Waals surface area (Å²) in [5, 5.41) is 11.9. The van der Waals surface area contributed by atoms with Crippen molar-refractivity contribution in [3.8, 4) is 17.6 Å². The Hall–Kier alpha value is -2.79. The topological polar surface area (TPSA) is 106 Å². The molecule has 0 aliphatic carbocycles. The third-order valence-electron chi connectivity index (χ3n) is 4.16. The fourth-order valence-electron chi connectivity index (χ4n) is 2.57. The fraction of sp³-hybridized carbons (Fsp3) is 0.381. The van der Waals surface area contributed by atoms with Crippen molar-refractivity contribution in [3.05, 3.63) is 48.1 Å². The number of hydrogen-bond acceptors (Lipinski definition) is 6. The molecule has 5 N–H and O–H groups in total. The highest BCUT2D eigenvalue weighted by atomic mass is 16.5. The van der Waals surface area contributed by atoms with E-state index < -0.39 is 17.5 Å². The number of carbonyl (C=O) groups excluding carboxylic acids is 1. The monoisotopic (exact) mass is 385 g/mol. The minimum atomic E-state index is -0.905. The smallest absolute Gasteiger partial charge is 0.267 e. The fourth-order valence-corrected chi connectivity index (χ4v) is 2.57. The van der Waals surface area contributed by atoms with Gasteiger partial charge in [0.1, 0.15) is 18.4 Å². The summed E-state index contributed by atoms with van der Waals surface area (Å²) in [7, 11) is 0. The Labute approximate surface area is 165 Å². The summed E-state index contributed by atoms with van der Waals surface area (Å²) < 4.78 is 10.9. The van der Waals surface area contributed by atoms with Crippen LogP contribution in [0.5, 0.6) is 5.75 Å². The first-order valence-corrected chi connectivity index (χ1v) is 8.98. The van der Waals surface area contributed by atoms with Crippen LogP contribution in [0.2, 0.25) is 0 Å². The minimum Gasteiger partial charge on any atom is -0.481 e. The van der Waals surface area contributed by atoms with Gasteiger partial charge in [0.15, 0.2) is 0 Å². The average molecular weight is 385 g/mol. The maximum absolute atomic E-state index is 11.9. The molecule has 1 aromatic rings. The number of hydroxylamine groups is 1. The van der Waals surface area contributed by atoms with Crippen molar-refractivity contribution in [2.24, 2.45) is 5.73 Å². The van der Waals surface area contributed by atoms with Crippen LogP contribution in [-0.2, 0) is 9.53 Å². The van der Waals surface area contributed by atoms with Gasteiger partial charge in [-0.3, -0.25) is 10.0 Å². The number of hydrogen-bond donors (Lipinski definition) is 4. The lowest BCUT2D eigenvalue weighted by Gasteiger charge is -2.30. The quantitative estimate of drug-likeness (QED) is 0.323. The highest BCUT2D eigenvalue weighted by Gasteiger charge is 2.32. The van der Waals surface area contributed by atoms with Gasteiger partial charge in [-0.25, -0.2) is 5.48 Å². The third-order valence-corrected chi connectivity index (χ3v) is 4.16. The van der Waals surface area contributed by atoms with Crippen LogP contribution < -0.4 is 21.3 Å². The van der Waals surface area contributed by atoms with Gasteiger partial charge in [-0.05, 0) is 49.8 Å². The summed E-state index contributed by atoms with van der Waals surface area (Å²) in [5.41, 5.74) is 9.08. The zero-order chi connectivity index (χ0) is 20.6. The van der Waals surface area contributed by atoms with Crippen molar-refractivity contribution in [3.63, 3.8) is 0 Å². The van der Waals surface area contributed by atoms with Gasteiger partial charge >= 0.3 is 0 Å². The normalized spacial score (nSPS) is 14.8. The second kappa shape index (κ2) is 9.95. The average Bonchev–Trinajstić information content (AvgIpc) is 2.69. The van der Waals surface area contributed by atoms with E-state index in [1.807, 2.05) is 18.2 Å². The predicted octanol–water partition coefficient (Wildman–Crippen LogP) is 1.59. The van der Waals surface area contributed by atoms with E-state index in [0.717, 1.165) is 17.6 Å². The molecule has 1 atom stereocenters. The van der Waals surface area contributed by atoms with Crippen LogP contribution in [0, 0.1) is 11.8 Å². The van der Waals surface area contributed by atoms with E-state index >= 15 is 0 Å². The minimum absolute atomic E-state index is 0.289. The molecule has 0 fully saturated rings. The highest BCUT2D eigenvalue weighted by Crippen LogP contribution is 2.18. The first kappa shape index (κ1) is 21.5. The molecule has 0 unspecified atom stereocenters. The van der Waals surface area contributed by atoms with Crippen LogP contribution in [0.25, 0.3) is 5.70 Å². The van der Waals surface area contributed by atoms with E-state index in [9.17, 15) is 4.79 Å². The molecule has 0 radical (unpaired) electrons. The molecule has 1 aromatic carbocycles. The molecular formula is C21H27N3O4. The molecule has 0 aromatic heterocycles. The van der Waals surface area contributed by atoms with E-state index in [1.165, 1.54) is 0 Å². The maximum atomic E-state index is 11.9. The number of ether oxygens (including phenoxy) is 2. The Morgan fingerprint density at radius 1 is 1.43 bits per heavy atom. The molecule has 7 heteroatoms. The molecule has 1 aliphatic heterocycles. The van der Waals surface area contributed by atoms with E-state index in [-0.39, 0.29) is 6.61 Å². The van der Waals surface area contributed by atoms with Crippen molar-refractivity contribution >= 4 is 11.6 Å². The van der Waals surface area contributed by atoms with Gasteiger partial charge in [0.25, 0.3) is 5.91 Å². The maximum Gasteiger partial charge on any atom is 0.267 e. The van der Waals surface area contributed by atoms with Crippen LogP contribution in [0.3, 0.4) is 0 Å². The zero-order valence-electron chi connectivity index (χ0n) is 16.2. The largest absolute Gasteiger partial charge is 0.481 e. The number of carbonyl (C=O) groups is 1. The predicted molar refractivity (Wildman–Crippen MR) is 107 cm³/mol. The number of nitrogens with one attached hydrogen (secondary N) is 2. The van der Waals surface area contributed by atoms with E-state index in [0.29, 0.717) is 24.7 Å². The van der Waals surface area contributed by atoms with Gasteiger partial charge in [0, 0.05) is 23.2 Å². The Kier molecular flexibility index (Phi) is 7.64. The Morgan fingerprint density at radius 3 is 2.71 bits per heavy atom. The van der Waals surface area contributed by atoms with Crippen LogP contribution in [0.1, 0.15) is 25.8 Å². The molecule has 2 rings (SSSR count). The van der Waals surface area contributed by atoms with E-state index in [2.05, 4.69) is 23.7 Å². The molecule has 1 heterocycles. The number of rotatable bonds is 7. The summed E-state index contributed by atoms with van der Waals surface area (Å²) in [6, 6.07) is 6.38. The summed E-state index contributed by atoms with van der Waals surface area (Å²) >= 11 is 0. The Bertz CT molecular complexity index is 783. The van der Waals surface area contributed by atoms with Crippen molar-refractivity contribution in [1.29, 1.82) is 0 Å². The van der Waals surface area contributed by atoms with Gasteiger partial charge in [-0.1, -0.05) is 18.4 Å². The molecular weight excluding hydrogens is 358 g/mol. The van der Waals surface area contributed by atoms with Crippen LogP contribution in [0.4, 0.5) is 0 Å². The first-order valence-electron chi connectivity index (χ1n) is 8.98. The van der Waals surface area contributed by atoms with Crippen molar-refractivity contribution in [2.45, 2.75) is 31.8 Å². The highest BCUT2D eigenvalue weighted by molar-refractivity contribution is 5.84. The lowest BCUT2D eigenvalue weighted by molar-refractivity contribution is -0.132. The summed E-state index contributed by atoms with van der Waals surface area (Å²) in [6.07, 6.45) is 2.82. The summed E-state index contributed by atoms with van der Waals surface area (Å²) in [4.78, 5) is 11.9. The number of nitrogens with two attached hydrogens (primary N) is 1. The lowest BCUT2D eigenvalue weighted by Crippen LogP contribution is -2.59. The van der Waals surface area contributed by atoms with Gasteiger partial charge in [0.2, 0.25) is 0 Å². The lowest BCUT2D eigenvalue weighted by atomic mass is 9.94. The van der Waals surface area contributed by atoms with Crippen LogP contribution in [0.15, 0.2) is 42.5 Å². The van der Waals surface area contributed by atoms with Gasteiger partial charge in [0.05, 0.1) is 13.2 Å². The standard InChI is InChI=1S/C21H27N3O4/c1-15(23-19(20(25)24-26)21(2,3)22)17-6-8-18(9-7-17)28-12-4-5-16-10-13-27-14-11-16/h6-10,19,23,26H,1,11-14,22H2,2-3H3,(H,24,25)/t19-/m1/s1. The van der Waals surface area contributed by atoms with E-state index in [4.69, 9.17) is 20.4 Å². The van der Waals surface area contributed by atoms with Gasteiger partial charge in [-0.15, -0.1) is 0 Å². The number of benzene rings is 1. The molecule has 28 heavy (non-hydrogen) atoms. The van der Waals surface area contributed by atoms with E-state index in [1.54, 1.807) is 31.5 Å². The van der Waals surface area contributed by atoms with Crippen LogP contribution in [-0.4, -0.2) is 42.5 Å². The van der Waals surface area contributed by atoms with Crippen LogP contribution >= 0.6 is 0 Å². The molecule has 0 saturated carbocycles. The van der Waals surface area contributed by atoms with Crippen molar-refractivity contribution in [1.82, 2.24) is 10.8 Å². The molecule has 1 amide bonds. The summed E-state index contributed by atoms with van der Waals surface area (Å²) in [6.45, 7) is 8.93. The molecule has 1 aliphatic rings. The Balaban J connectivity index is 1.92. The van der Waals surface area contributed by atoms with Crippen molar-refractivity contribution in [2.75, 3.05) is 19.8 Å². The van der Waals surface area contributed by atoms with Gasteiger partial charge < -0.3 is 20.5 Å². The zero-order valence-corrected chi connectivity index (χ0v) is 16.2. The number of amides is 1. The first-order chi connectivity index (χ1) is 13.3. The summed E-state index contributed by atoms with van der Waals surface area (Å²) in [5.74, 6) is 6.12. The Morgan fingerprint density at radius 2 is 2.14 bits per heavy atom. The molecule has 0 bridgehead atoms. The molecule has 0 spiro atoms. The second-order valence-electron chi connectivity index (χ2n) is 7.02. The molecule has 0 saturated heterocycles. The SMILES string of the molecule is C=C(N[C@H](C(=O)NO)C(C)(C)N)c1ccc(OCC#CC2=CCOCC2)cc1. The third kappa shape index (κ3) is 6.43. The molecule has 7 nitrogen and oxygen atoms in total. The van der Waals surface area contributed by atoms with Gasteiger partial charge in [-0.2, -0.15) is 0 Å². The molecule has 150 valence electrons. The van der Waals surface area contributed by atoms with Crippen molar-refractivity contribution < 1.29 is 19.5 Å². The second-order valence-corrected chi connectivity index (χ2v) is 7.02.